The van der Waals surface area contributed by atoms with Gasteiger partial charge in [0.25, 0.3) is 0 Å². The lowest BCUT2D eigenvalue weighted by Gasteiger charge is -2.13. The van der Waals surface area contributed by atoms with E-state index in [1.165, 1.54) is 12.1 Å². The molecule has 0 amide bonds. The predicted molar refractivity (Wildman–Crippen MR) is 90.2 cm³/mol. The first-order valence-electron chi connectivity index (χ1n) is 7.26. The van der Waals surface area contributed by atoms with Crippen molar-refractivity contribution in [1.82, 2.24) is 0 Å². The van der Waals surface area contributed by atoms with Crippen LogP contribution in [0.15, 0.2) is 49.6 Å². The van der Waals surface area contributed by atoms with Crippen LogP contribution in [-0.2, 0) is 19.3 Å². The van der Waals surface area contributed by atoms with Gasteiger partial charge in [-0.1, -0.05) is 24.3 Å². The van der Waals surface area contributed by atoms with Gasteiger partial charge in [-0.05, 0) is 36.1 Å². The van der Waals surface area contributed by atoms with Crippen molar-refractivity contribution < 1.29 is 20.4 Å². The monoisotopic (exact) mass is 312 g/mol. The Bertz CT molecular complexity index is 684. The second kappa shape index (κ2) is 6.92. The first-order valence-corrected chi connectivity index (χ1v) is 7.26. The zero-order valence-electron chi connectivity index (χ0n) is 12.8. The van der Waals surface area contributed by atoms with Crippen LogP contribution in [0.3, 0.4) is 0 Å². The van der Waals surface area contributed by atoms with Crippen LogP contribution < -0.4 is 0 Å². The SMILES string of the molecule is C=CCc1c(O)ccc(Cc2ccc(O)c(CC=C)c2O)c1O. The summed E-state index contributed by atoms with van der Waals surface area (Å²) in [5, 5.41) is 40.3. The van der Waals surface area contributed by atoms with E-state index in [1.54, 1.807) is 24.3 Å². The topological polar surface area (TPSA) is 80.9 Å². The van der Waals surface area contributed by atoms with E-state index in [2.05, 4.69) is 13.2 Å². The highest BCUT2D eigenvalue weighted by atomic mass is 16.3. The molecule has 0 atom stereocenters. The van der Waals surface area contributed by atoms with E-state index < -0.39 is 0 Å². The Hall–Kier alpha value is -2.88. The molecule has 2 aromatic rings. The van der Waals surface area contributed by atoms with Crippen LogP contribution in [0.5, 0.6) is 23.0 Å². The number of aromatic hydroxyl groups is 4. The third-order valence-electron chi connectivity index (χ3n) is 3.76. The van der Waals surface area contributed by atoms with E-state index in [4.69, 9.17) is 0 Å². The number of phenolic OH excluding ortho intramolecular Hbond substituents is 4. The minimum Gasteiger partial charge on any atom is -0.508 e. The Morgan fingerprint density at radius 2 is 1.09 bits per heavy atom. The molecule has 23 heavy (non-hydrogen) atoms. The highest BCUT2D eigenvalue weighted by Gasteiger charge is 2.16. The van der Waals surface area contributed by atoms with Crippen molar-refractivity contribution in [2.24, 2.45) is 0 Å². The van der Waals surface area contributed by atoms with Crippen molar-refractivity contribution in [3.63, 3.8) is 0 Å². The summed E-state index contributed by atoms with van der Waals surface area (Å²) in [4.78, 5) is 0. The third kappa shape index (κ3) is 3.31. The summed E-state index contributed by atoms with van der Waals surface area (Å²) in [5.74, 6) is -0.00728. The number of benzene rings is 2. The molecule has 0 aromatic heterocycles. The summed E-state index contributed by atoms with van der Waals surface area (Å²) in [6, 6.07) is 6.24. The molecule has 0 bridgehead atoms. The van der Waals surface area contributed by atoms with Crippen LogP contribution in [0.25, 0.3) is 0 Å². The molecule has 0 fully saturated rings. The molecule has 120 valence electrons. The van der Waals surface area contributed by atoms with Gasteiger partial charge >= 0.3 is 0 Å². The molecule has 0 saturated carbocycles. The standard InChI is InChI=1S/C19H20O4/c1-3-5-14-16(20)9-7-12(18(14)22)11-13-8-10-17(21)15(6-4-2)19(13)23/h3-4,7-10,20-23H,1-2,5-6,11H2. The molecule has 0 heterocycles. The zero-order chi connectivity index (χ0) is 17.0. The Kier molecular flexibility index (Phi) is 4.96. The van der Waals surface area contributed by atoms with E-state index in [0.717, 1.165) is 0 Å². The Labute approximate surface area is 135 Å². The Balaban J connectivity index is 2.44. The van der Waals surface area contributed by atoms with Gasteiger partial charge in [0, 0.05) is 17.5 Å². The van der Waals surface area contributed by atoms with E-state index in [1.807, 2.05) is 0 Å². The highest BCUT2D eigenvalue weighted by molar-refractivity contribution is 5.55. The molecule has 4 heteroatoms. The normalized spacial score (nSPS) is 10.4. The summed E-state index contributed by atoms with van der Waals surface area (Å²) < 4.78 is 0. The van der Waals surface area contributed by atoms with Gasteiger partial charge in [-0.25, -0.2) is 0 Å². The van der Waals surface area contributed by atoms with Gasteiger partial charge < -0.3 is 20.4 Å². The minimum atomic E-state index is -0.0114. The van der Waals surface area contributed by atoms with Gasteiger partial charge in [-0.3, -0.25) is 0 Å². The van der Waals surface area contributed by atoms with Gasteiger partial charge in [0.1, 0.15) is 23.0 Å². The lowest BCUT2D eigenvalue weighted by atomic mass is 9.96. The molecule has 0 aliphatic carbocycles. The fraction of sp³-hybridized carbons (Fsp3) is 0.158. The maximum Gasteiger partial charge on any atom is 0.126 e. The zero-order valence-corrected chi connectivity index (χ0v) is 12.8. The van der Waals surface area contributed by atoms with Gasteiger partial charge in [-0.15, -0.1) is 13.2 Å². The Morgan fingerprint density at radius 1 is 0.696 bits per heavy atom. The second-order valence-electron chi connectivity index (χ2n) is 5.30. The quantitative estimate of drug-likeness (QED) is 0.615. The molecule has 0 saturated heterocycles. The van der Waals surface area contributed by atoms with Crippen molar-refractivity contribution in [2.75, 3.05) is 0 Å². The first-order chi connectivity index (χ1) is 11.0. The van der Waals surface area contributed by atoms with Crippen LogP contribution in [-0.4, -0.2) is 20.4 Å². The van der Waals surface area contributed by atoms with Crippen molar-refractivity contribution in [3.05, 3.63) is 71.8 Å². The minimum absolute atomic E-state index is 0.00780. The summed E-state index contributed by atoms with van der Waals surface area (Å²) in [5.41, 5.74) is 1.96. The largest absolute Gasteiger partial charge is 0.508 e. The number of hydrogen-bond donors (Lipinski definition) is 4. The smallest absolute Gasteiger partial charge is 0.126 e. The van der Waals surface area contributed by atoms with Crippen LogP contribution in [0.1, 0.15) is 22.3 Å². The molecule has 2 aromatic carbocycles. The fourth-order valence-corrected chi connectivity index (χ4v) is 2.53. The summed E-state index contributed by atoms with van der Waals surface area (Å²) >= 11 is 0. The van der Waals surface area contributed by atoms with Crippen LogP contribution in [0.4, 0.5) is 0 Å². The molecule has 2 rings (SSSR count). The average Bonchev–Trinajstić information content (AvgIpc) is 2.53. The van der Waals surface area contributed by atoms with Crippen LogP contribution in [0.2, 0.25) is 0 Å². The first kappa shape index (κ1) is 16.5. The summed E-state index contributed by atoms with van der Waals surface area (Å²) in [7, 11) is 0. The van der Waals surface area contributed by atoms with Crippen molar-refractivity contribution in [3.8, 4) is 23.0 Å². The van der Waals surface area contributed by atoms with E-state index in [-0.39, 0.29) is 29.4 Å². The van der Waals surface area contributed by atoms with Crippen LogP contribution >= 0.6 is 0 Å². The number of phenols is 4. The van der Waals surface area contributed by atoms with Gasteiger partial charge in [0.05, 0.1) is 0 Å². The molecular weight excluding hydrogens is 292 g/mol. The third-order valence-corrected chi connectivity index (χ3v) is 3.76. The number of rotatable bonds is 6. The summed E-state index contributed by atoms with van der Waals surface area (Å²) in [6.45, 7) is 7.22. The Morgan fingerprint density at radius 3 is 1.43 bits per heavy atom. The highest BCUT2D eigenvalue weighted by Crippen LogP contribution is 2.36. The molecule has 4 nitrogen and oxygen atoms in total. The van der Waals surface area contributed by atoms with Crippen molar-refractivity contribution >= 4 is 0 Å². The van der Waals surface area contributed by atoms with E-state index in [0.29, 0.717) is 35.1 Å². The predicted octanol–water partition coefficient (Wildman–Crippen LogP) is 3.56. The molecule has 0 unspecified atom stereocenters. The lowest BCUT2D eigenvalue weighted by molar-refractivity contribution is 0.433. The molecule has 0 aliphatic heterocycles. The van der Waals surface area contributed by atoms with E-state index >= 15 is 0 Å². The van der Waals surface area contributed by atoms with Gasteiger partial charge in [0.15, 0.2) is 0 Å². The maximum atomic E-state index is 10.3. The molecule has 4 N–H and O–H groups in total. The van der Waals surface area contributed by atoms with Gasteiger partial charge in [0.2, 0.25) is 0 Å². The summed E-state index contributed by atoms with van der Waals surface area (Å²) in [6.07, 6.45) is 4.15. The lowest BCUT2D eigenvalue weighted by Crippen LogP contribution is -1.96. The number of hydrogen-bond acceptors (Lipinski definition) is 4. The van der Waals surface area contributed by atoms with Gasteiger partial charge in [-0.2, -0.15) is 0 Å². The maximum absolute atomic E-state index is 10.3. The number of allylic oxidation sites excluding steroid dienone is 2. The van der Waals surface area contributed by atoms with Crippen LogP contribution in [0, 0.1) is 0 Å². The molecule has 0 radical (unpaired) electrons. The average molecular weight is 312 g/mol. The van der Waals surface area contributed by atoms with E-state index in [9.17, 15) is 20.4 Å². The second-order valence-corrected chi connectivity index (χ2v) is 5.30. The molecule has 0 aliphatic rings. The fourth-order valence-electron chi connectivity index (χ4n) is 2.53. The van der Waals surface area contributed by atoms with Crippen molar-refractivity contribution in [1.29, 1.82) is 0 Å². The van der Waals surface area contributed by atoms with Crippen molar-refractivity contribution in [2.45, 2.75) is 19.3 Å². The molecular formula is C19H20O4. The molecule has 0 spiro atoms.